The molecule has 12 heteroatoms. The Bertz CT molecular complexity index is 246. The zero-order valence-corrected chi connectivity index (χ0v) is 10.5. The van der Waals surface area contributed by atoms with E-state index in [0.717, 1.165) is 0 Å². The van der Waals surface area contributed by atoms with Gasteiger partial charge in [0.2, 0.25) is 0 Å². The second kappa shape index (κ2) is 13.6. The average molecular weight is 297 g/mol. The van der Waals surface area contributed by atoms with Crippen LogP contribution in [0.4, 0.5) is 0 Å². The zero-order chi connectivity index (χ0) is 10.6. The minimum Gasteiger partial charge on any atom is -0.481 e. The lowest BCUT2D eigenvalue weighted by Gasteiger charge is -2.18. The van der Waals surface area contributed by atoms with Crippen molar-refractivity contribution in [2.45, 2.75) is 18.4 Å². The smallest absolute Gasteiger partial charge is 0.336 e. The topological polar surface area (TPSA) is 272 Å². The second-order valence-corrected chi connectivity index (χ2v) is 2.48. The summed E-state index contributed by atoms with van der Waals surface area (Å²) in [7, 11) is 0. The van der Waals surface area contributed by atoms with Gasteiger partial charge in [0.1, 0.15) is 0 Å². The number of aliphatic carboxylic acids is 3. The number of hydrogen-bond acceptors (Lipinski definition) is 8. The molecule has 0 heterocycles. The summed E-state index contributed by atoms with van der Waals surface area (Å²) in [5.74, 6) is -5.02. The molecule has 11 nitrogen and oxygen atoms in total. The molecular formula is C6H21ClN4O7. The fourth-order valence-electron chi connectivity index (χ4n) is 0.714. The molecule has 0 radical (unpaired) electrons. The first-order chi connectivity index (χ1) is 5.78. The average Bonchev–Trinajstić information content (AvgIpc) is 1.82. The van der Waals surface area contributed by atoms with E-state index in [4.69, 9.17) is 20.4 Å². The molecule has 0 unspecified atom stereocenters. The van der Waals surface area contributed by atoms with Crippen LogP contribution in [-0.4, -0.2) is 43.9 Å². The van der Waals surface area contributed by atoms with Gasteiger partial charge in [0.05, 0.1) is 12.8 Å². The fraction of sp³-hybridized carbons (Fsp3) is 0.500. The Morgan fingerprint density at radius 1 is 0.778 bits per heavy atom. The SMILES string of the molecule is Cl.N.N.N.N.O=C(O)CC(O)(CC(=O)O)C(=O)O. The van der Waals surface area contributed by atoms with E-state index >= 15 is 0 Å². The molecule has 114 valence electrons. The Hall–Kier alpha value is -1.50. The summed E-state index contributed by atoms with van der Waals surface area (Å²) in [6.45, 7) is 0. The van der Waals surface area contributed by atoms with Crippen molar-refractivity contribution in [3.05, 3.63) is 0 Å². The monoisotopic (exact) mass is 296 g/mol. The second-order valence-electron chi connectivity index (χ2n) is 2.48. The number of carboxylic acid groups (broad SMARTS) is 3. The van der Waals surface area contributed by atoms with Crippen LogP contribution in [0.3, 0.4) is 0 Å². The van der Waals surface area contributed by atoms with E-state index in [2.05, 4.69) is 0 Å². The molecule has 18 heavy (non-hydrogen) atoms. The summed E-state index contributed by atoms with van der Waals surface area (Å²) in [5.41, 5.74) is -2.74. The fourth-order valence-corrected chi connectivity index (χ4v) is 0.714. The van der Waals surface area contributed by atoms with Crippen LogP contribution in [0.25, 0.3) is 0 Å². The highest BCUT2D eigenvalue weighted by Gasteiger charge is 2.40. The van der Waals surface area contributed by atoms with E-state index in [1.807, 2.05) is 0 Å². The highest BCUT2D eigenvalue weighted by Crippen LogP contribution is 2.15. The number of carbonyl (C=O) groups is 3. The van der Waals surface area contributed by atoms with E-state index in [-0.39, 0.29) is 37.0 Å². The Balaban J connectivity index is -0.0000000720. The van der Waals surface area contributed by atoms with Crippen LogP contribution >= 0.6 is 12.4 Å². The number of hydrogen-bond donors (Lipinski definition) is 8. The van der Waals surface area contributed by atoms with E-state index in [1.54, 1.807) is 0 Å². The van der Waals surface area contributed by atoms with Crippen molar-refractivity contribution in [1.82, 2.24) is 24.6 Å². The summed E-state index contributed by atoms with van der Waals surface area (Å²) in [5, 5.41) is 33.8. The molecule has 16 N–H and O–H groups in total. The third kappa shape index (κ3) is 12.6. The summed E-state index contributed by atoms with van der Waals surface area (Å²) in [6, 6.07) is 0. The highest BCUT2D eigenvalue weighted by atomic mass is 35.5. The van der Waals surface area contributed by atoms with Crippen LogP contribution in [0, 0.1) is 0 Å². The van der Waals surface area contributed by atoms with Crippen LogP contribution in [0.2, 0.25) is 0 Å². The molecule has 0 aromatic carbocycles. The minimum absolute atomic E-state index is 0. The van der Waals surface area contributed by atoms with Gasteiger partial charge in [-0.05, 0) is 0 Å². The van der Waals surface area contributed by atoms with Gasteiger partial charge in [-0.25, -0.2) is 4.79 Å². The predicted octanol–water partition coefficient (Wildman–Crippen LogP) is -0.179. The minimum atomic E-state index is -2.74. The maximum absolute atomic E-state index is 10.3. The van der Waals surface area contributed by atoms with Crippen molar-refractivity contribution in [2.75, 3.05) is 0 Å². The molecule has 0 bridgehead atoms. The van der Waals surface area contributed by atoms with E-state index in [0.29, 0.717) is 0 Å². The molecule has 0 spiro atoms. The van der Waals surface area contributed by atoms with Crippen molar-refractivity contribution in [3.63, 3.8) is 0 Å². The van der Waals surface area contributed by atoms with Gasteiger partial charge in [0, 0.05) is 0 Å². The van der Waals surface area contributed by atoms with Crippen molar-refractivity contribution >= 4 is 30.3 Å². The van der Waals surface area contributed by atoms with Crippen molar-refractivity contribution < 1.29 is 34.8 Å². The molecule has 0 rings (SSSR count). The zero-order valence-electron chi connectivity index (χ0n) is 9.66. The number of carboxylic acids is 3. The van der Waals surface area contributed by atoms with Gasteiger partial charge in [0.25, 0.3) is 0 Å². The van der Waals surface area contributed by atoms with Gasteiger partial charge >= 0.3 is 17.9 Å². The van der Waals surface area contributed by atoms with Gasteiger partial charge < -0.3 is 45.0 Å². The first kappa shape index (κ1) is 36.0. The first-order valence-corrected chi connectivity index (χ1v) is 3.17. The van der Waals surface area contributed by atoms with Crippen LogP contribution in [0.15, 0.2) is 0 Å². The molecular weight excluding hydrogens is 276 g/mol. The summed E-state index contributed by atoms with van der Waals surface area (Å²) >= 11 is 0. The molecule has 0 aromatic heterocycles. The third-order valence-electron chi connectivity index (χ3n) is 1.29. The Morgan fingerprint density at radius 2 is 1.00 bits per heavy atom. The first-order valence-electron chi connectivity index (χ1n) is 3.17. The molecule has 0 fully saturated rings. The summed E-state index contributed by atoms with van der Waals surface area (Å²) in [4.78, 5) is 30.5. The molecule has 0 aliphatic heterocycles. The van der Waals surface area contributed by atoms with Gasteiger partial charge in [-0.3, -0.25) is 9.59 Å². The molecule has 0 aliphatic carbocycles. The van der Waals surface area contributed by atoms with Crippen LogP contribution in [0.5, 0.6) is 0 Å². The Morgan fingerprint density at radius 3 is 1.11 bits per heavy atom. The van der Waals surface area contributed by atoms with Crippen LogP contribution in [0.1, 0.15) is 12.8 Å². The number of halogens is 1. The molecule has 0 saturated heterocycles. The van der Waals surface area contributed by atoms with E-state index in [9.17, 15) is 14.4 Å². The lowest BCUT2D eigenvalue weighted by Crippen LogP contribution is -2.42. The largest absolute Gasteiger partial charge is 0.481 e. The van der Waals surface area contributed by atoms with Gasteiger partial charge in [-0.1, -0.05) is 0 Å². The Labute approximate surface area is 109 Å². The number of aliphatic hydroxyl groups is 1. The lowest BCUT2D eigenvalue weighted by molar-refractivity contribution is -0.170. The molecule has 0 saturated carbocycles. The van der Waals surface area contributed by atoms with Gasteiger partial charge in [-0.15, -0.1) is 12.4 Å². The maximum Gasteiger partial charge on any atom is 0.336 e. The van der Waals surface area contributed by atoms with Gasteiger partial charge in [0.15, 0.2) is 5.60 Å². The summed E-state index contributed by atoms with van der Waals surface area (Å²) < 4.78 is 0. The third-order valence-corrected chi connectivity index (χ3v) is 1.29. The van der Waals surface area contributed by atoms with E-state index < -0.39 is 36.4 Å². The quantitative estimate of drug-likeness (QED) is 0.329. The summed E-state index contributed by atoms with van der Waals surface area (Å²) in [6.07, 6.45) is -2.29. The van der Waals surface area contributed by atoms with E-state index in [1.165, 1.54) is 0 Å². The van der Waals surface area contributed by atoms with Crippen LogP contribution < -0.4 is 24.6 Å². The normalized spacial score (nSPS) is 7.83. The van der Waals surface area contributed by atoms with Crippen molar-refractivity contribution in [2.24, 2.45) is 0 Å². The molecule has 0 aliphatic rings. The number of rotatable bonds is 5. The maximum atomic E-state index is 10.3. The van der Waals surface area contributed by atoms with Crippen molar-refractivity contribution in [3.8, 4) is 0 Å². The van der Waals surface area contributed by atoms with Gasteiger partial charge in [-0.2, -0.15) is 0 Å². The highest BCUT2D eigenvalue weighted by molar-refractivity contribution is 5.88. The van der Waals surface area contributed by atoms with Crippen molar-refractivity contribution in [1.29, 1.82) is 0 Å². The standard InChI is InChI=1S/C6H8O7.ClH.4H3N/c7-3(8)1-6(13,5(11)12)2-4(9)10;;;;;/h13H,1-2H2,(H,7,8)(H,9,10)(H,11,12);1H;4*1H3. The molecule has 0 amide bonds. The lowest BCUT2D eigenvalue weighted by atomic mass is 9.96. The Kier molecular flexibility index (Phi) is 27.1. The predicted molar refractivity (Wildman–Crippen MR) is 64.4 cm³/mol. The molecule has 0 atom stereocenters. The van der Waals surface area contributed by atoms with Crippen LogP contribution in [-0.2, 0) is 14.4 Å². The molecule has 0 aromatic rings.